The molecule has 1 unspecified atom stereocenters. The van der Waals surface area contributed by atoms with Crippen molar-refractivity contribution >= 4 is 21.8 Å². The number of benzene rings is 1. The first kappa shape index (κ1) is 17.7. The highest BCUT2D eigenvalue weighted by Gasteiger charge is 2.16. The zero-order valence-electron chi connectivity index (χ0n) is 14.5. The predicted octanol–water partition coefficient (Wildman–Crippen LogP) is 2.78. The summed E-state index contributed by atoms with van der Waals surface area (Å²) in [5, 5.41) is 0.512. The average Bonchev–Trinajstić information content (AvgIpc) is 3.04. The third kappa shape index (κ3) is 4.49. The molecule has 0 fully saturated rings. The maximum Gasteiger partial charge on any atom is 0.199 e. The number of hydrogen-bond acceptors (Lipinski definition) is 5. The first-order valence-electron chi connectivity index (χ1n) is 8.24. The topological polar surface area (TPSA) is 67.5 Å². The molecule has 6 nitrogen and oxygen atoms in total. The number of fused-ring (bicyclic) bond motifs is 1. The minimum Gasteiger partial charge on any atom is -0.493 e. The number of H-pyrrole nitrogens is 1. The van der Waals surface area contributed by atoms with Gasteiger partial charge in [-0.3, -0.25) is 0 Å². The van der Waals surface area contributed by atoms with Crippen molar-refractivity contribution in [2.24, 2.45) is 0 Å². The Morgan fingerprint density at radius 2 is 2.16 bits per heavy atom. The number of para-hydroxylation sites is 2. The molecule has 0 saturated heterocycles. The SMILES string of the molecule is COCCCOC1=C(C)CN(CS(=O)c2nc3ccccc3[nH]2)C=C1. The molecule has 0 amide bonds. The fourth-order valence-electron chi connectivity index (χ4n) is 2.64. The molecular formula is C18H23N3O3S. The van der Waals surface area contributed by atoms with Crippen molar-refractivity contribution < 1.29 is 13.7 Å². The van der Waals surface area contributed by atoms with Crippen LogP contribution in [0.2, 0.25) is 0 Å². The number of aromatic nitrogens is 2. The molecule has 0 saturated carbocycles. The summed E-state index contributed by atoms with van der Waals surface area (Å²) >= 11 is 0. The van der Waals surface area contributed by atoms with E-state index in [0.29, 0.717) is 30.8 Å². The summed E-state index contributed by atoms with van der Waals surface area (Å²) in [7, 11) is 0.466. The fourth-order valence-corrected chi connectivity index (χ4v) is 3.67. The number of rotatable bonds is 8. The van der Waals surface area contributed by atoms with Crippen LogP contribution in [-0.4, -0.2) is 51.8 Å². The van der Waals surface area contributed by atoms with Gasteiger partial charge in [0.15, 0.2) is 5.16 Å². The van der Waals surface area contributed by atoms with Crippen molar-refractivity contribution in [3.8, 4) is 0 Å². The molecule has 1 aliphatic heterocycles. The van der Waals surface area contributed by atoms with Crippen LogP contribution in [0.25, 0.3) is 11.0 Å². The van der Waals surface area contributed by atoms with Crippen molar-refractivity contribution in [2.75, 3.05) is 32.7 Å². The maximum atomic E-state index is 12.6. The third-order valence-electron chi connectivity index (χ3n) is 3.91. The number of ether oxygens (including phenoxy) is 2. The molecule has 1 N–H and O–H groups in total. The summed E-state index contributed by atoms with van der Waals surface area (Å²) < 4.78 is 23.4. The van der Waals surface area contributed by atoms with Gasteiger partial charge in [-0.15, -0.1) is 0 Å². The van der Waals surface area contributed by atoms with E-state index >= 15 is 0 Å². The van der Waals surface area contributed by atoms with Crippen molar-refractivity contribution in [3.63, 3.8) is 0 Å². The van der Waals surface area contributed by atoms with E-state index in [9.17, 15) is 4.21 Å². The first-order chi connectivity index (χ1) is 12.2. The Bertz CT molecular complexity index is 780. The summed E-state index contributed by atoms with van der Waals surface area (Å²) in [6, 6.07) is 7.70. The molecule has 1 aliphatic rings. The molecule has 25 heavy (non-hydrogen) atoms. The molecule has 0 aliphatic carbocycles. The second-order valence-electron chi connectivity index (χ2n) is 5.94. The molecule has 1 aromatic heterocycles. The lowest BCUT2D eigenvalue weighted by Gasteiger charge is -2.25. The van der Waals surface area contributed by atoms with Gasteiger partial charge in [-0.25, -0.2) is 9.19 Å². The van der Waals surface area contributed by atoms with Crippen LogP contribution < -0.4 is 0 Å². The van der Waals surface area contributed by atoms with Gasteiger partial charge in [-0.1, -0.05) is 12.1 Å². The zero-order chi connectivity index (χ0) is 17.6. The van der Waals surface area contributed by atoms with Crippen LogP contribution >= 0.6 is 0 Å². The number of aromatic amines is 1. The summed E-state index contributed by atoms with van der Waals surface area (Å²) in [4.78, 5) is 9.56. The van der Waals surface area contributed by atoms with E-state index in [4.69, 9.17) is 9.47 Å². The highest BCUT2D eigenvalue weighted by molar-refractivity contribution is 7.84. The second-order valence-corrected chi connectivity index (χ2v) is 7.27. The molecule has 2 heterocycles. The van der Waals surface area contributed by atoms with E-state index < -0.39 is 10.8 Å². The lowest BCUT2D eigenvalue weighted by atomic mass is 10.2. The molecule has 0 bridgehead atoms. The monoisotopic (exact) mass is 361 g/mol. The van der Waals surface area contributed by atoms with E-state index in [1.807, 2.05) is 48.4 Å². The lowest BCUT2D eigenvalue weighted by molar-refractivity contribution is 0.146. The van der Waals surface area contributed by atoms with Gasteiger partial charge in [0.05, 0.1) is 17.6 Å². The quantitative estimate of drug-likeness (QED) is 0.732. The first-order valence-corrected chi connectivity index (χ1v) is 9.56. The Kier molecular flexibility index (Phi) is 5.88. The minimum absolute atomic E-state index is 0.393. The van der Waals surface area contributed by atoms with Gasteiger partial charge in [0.25, 0.3) is 0 Å². The summed E-state index contributed by atoms with van der Waals surface area (Å²) in [5.41, 5.74) is 2.87. The maximum absolute atomic E-state index is 12.6. The summed E-state index contributed by atoms with van der Waals surface area (Å²) in [6.45, 7) is 4.06. The number of methoxy groups -OCH3 is 1. The van der Waals surface area contributed by atoms with Crippen LogP contribution in [0.5, 0.6) is 0 Å². The molecule has 0 spiro atoms. The molecular weight excluding hydrogens is 338 g/mol. The van der Waals surface area contributed by atoms with Crippen LogP contribution in [0.3, 0.4) is 0 Å². The van der Waals surface area contributed by atoms with Gasteiger partial charge >= 0.3 is 0 Å². The predicted molar refractivity (Wildman–Crippen MR) is 98.4 cm³/mol. The molecule has 1 aromatic carbocycles. The van der Waals surface area contributed by atoms with Crippen molar-refractivity contribution in [1.82, 2.24) is 14.9 Å². The van der Waals surface area contributed by atoms with Crippen molar-refractivity contribution in [3.05, 3.63) is 47.9 Å². The molecule has 1 atom stereocenters. The highest BCUT2D eigenvalue weighted by Crippen LogP contribution is 2.18. The van der Waals surface area contributed by atoms with Crippen molar-refractivity contribution in [1.29, 1.82) is 0 Å². The number of allylic oxidation sites excluding steroid dienone is 1. The van der Waals surface area contributed by atoms with Crippen LogP contribution in [0.4, 0.5) is 0 Å². The molecule has 3 rings (SSSR count). The number of nitrogens with one attached hydrogen (secondary N) is 1. The Balaban J connectivity index is 1.56. The Hall–Kier alpha value is -2.12. The van der Waals surface area contributed by atoms with Gasteiger partial charge in [0, 0.05) is 32.9 Å². The molecule has 2 aromatic rings. The van der Waals surface area contributed by atoms with Crippen LogP contribution in [0.15, 0.2) is 53.0 Å². The molecule has 134 valence electrons. The lowest BCUT2D eigenvalue weighted by Crippen LogP contribution is -2.27. The van der Waals surface area contributed by atoms with Crippen LogP contribution in [0.1, 0.15) is 13.3 Å². The number of nitrogens with zero attached hydrogens (tertiary/aromatic N) is 2. The third-order valence-corrected chi connectivity index (χ3v) is 5.11. The van der Waals surface area contributed by atoms with Gasteiger partial charge in [-0.05, 0) is 30.7 Å². The molecule has 0 radical (unpaired) electrons. The smallest absolute Gasteiger partial charge is 0.199 e. The normalized spacial score (nSPS) is 15.8. The largest absolute Gasteiger partial charge is 0.493 e. The van der Waals surface area contributed by atoms with Gasteiger partial charge in [0.2, 0.25) is 0 Å². The Morgan fingerprint density at radius 3 is 2.92 bits per heavy atom. The fraction of sp³-hybridized carbons (Fsp3) is 0.389. The number of imidazole rings is 1. The zero-order valence-corrected chi connectivity index (χ0v) is 15.3. The van der Waals surface area contributed by atoms with E-state index in [2.05, 4.69) is 9.97 Å². The van der Waals surface area contributed by atoms with E-state index in [1.54, 1.807) is 7.11 Å². The Morgan fingerprint density at radius 1 is 1.32 bits per heavy atom. The van der Waals surface area contributed by atoms with Gasteiger partial charge in [-0.2, -0.15) is 0 Å². The molecule has 7 heteroatoms. The average molecular weight is 361 g/mol. The van der Waals surface area contributed by atoms with E-state index in [0.717, 1.165) is 28.8 Å². The summed E-state index contributed by atoms with van der Waals surface area (Å²) in [5.74, 6) is 1.28. The van der Waals surface area contributed by atoms with E-state index in [-0.39, 0.29) is 0 Å². The Labute approximate surface area is 150 Å². The van der Waals surface area contributed by atoms with Gasteiger partial charge < -0.3 is 19.4 Å². The van der Waals surface area contributed by atoms with Crippen molar-refractivity contribution in [2.45, 2.75) is 18.5 Å². The van der Waals surface area contributed by atoms with Crippen LogP contribution in [0, 0.1) is 0 Å². The van der Waals surface area contributed by atoms with Crippen LogP contribution in [-0.2, 0) is 20.3 Å². The second kappa shape index (κ2) is 8.31. The highest BCUT2D eigenvalue weighted by atomic mass is 32.2. The minimum atomic E-state index is -1.22. The van der Waals surface area contributed by atoms with Gasteiger partial charge in [0.1, 0.15) is 22.4 Å². The number of hydrogen-bond donors (Lipinski definition) is 1. The standard InChI is InChI=1S/C18H23N3O3S/c1-14-12-21(9-8-17(14)24-11-5-10-23-2)13-25(22)18-19-15-6-3-4-7-16(15)20-18/h3-4,6-9H,5,10-13H2,1-2H3,(H,19,20). The van der Waals surface area contributed by atoms with E-state index in [1.165, 1.54) is 0 Å². The summed E-state index contributed by atoms with van der Waals surface area (Å²) in [6.07, 6.45) is 4.72.